The normalized spacial score (nSPS) is 11.8. The summed E-state index contributed by atoms with van der Waals surface area (Å²) in [5, 5.41) is 11.4. The van der Waals surface area contributed by atoms with Crippen molar-refractivity contribution in [3.05, 3.63) is 89.8 Å². The summed E-state index contributed by atoms with van der Waals surface area (Å²) in [4.78, 5) is 4.79. The molecule has 1 N–H and O–H groups in total. The first-order chi connectivity index (χ1) is 12.2. The number of hydrogen-bond acceptors (Lipinski definition) is 3. The first-order valence-corrected chi connectivity index (χ1v) is 8.13. The van der Waals surface area contributed by atoms with Gasteiger partial charge in [0.15, 0.2) is 0 Å². The molecule has 0 atom stereocenters. The van der Waals surface area contributed by atoms with Crippen molar-refractivity contribution in [2.24, 2.45) is 4.99 Å². The van der Waals surface area contributed by atoms with E-state index in [1.54, 1.807) is 18.2 Å². The molecule has 4 rings (SSSR count). The zero-order valence-corrected chi connectivity index (χ0v) is 13.8. The molecule has 0 spiro atoms. The van der Waals surface area contributed by atoms with E-state index < -0.39 is 0 Å². The van der Waals surface area contributed by atoms with Gasteiger partial charge in [0.05, 0.1) is 11.0 Å². The van der Waals surface area contributed by atoms with E-state index in [4.69, 9.17) is 9.41 Å². The van der Waals surface area contributed by atoms with Gasteiger partial charge in [-0.25, -0.2) is 4.99 Å². The molecule has 0 radical (unpaired) electrons. The number of aryl methyl sites for hydroxylation is 1. The highest BCUT2D eigenvalue weighted by Crippen LogP contribution is 2.24. The first kappa shape index (κ1) is 15.2. The van der Waals surface area contributed by atoms with Crippen molar-refractivity contribution in [3.8, 4) is 17.1 Å². The van der Waals surface area contributed by atoms with Crippen LogP contribution in [0.3, 0.4) is 0 Å². The minimum Gasteiger partial charge on any atom is -0.508 e. The Bertz CT molecular complexity index is 1110. The minimum atomic E-state index is 0.191. The van der Waals surface area contributed by atoms with Crippen LogP contribution in [0.1, 0.15) is 5.56 Å². The van der Waals surface area contributed by atoms with Crippen LogP contribution in [0, 0.1) is 6.92 Å². The summed E-state index contributed by atoms with van der Waals surface area (Å²) in [6.45, 7) is 2.04. The third-order valence-corrected chi connectivity index (χ3v) is 4.04. The van der Waals surface area contributed by atoms with Gasteiger partial charge >= 0.3 is 0 Å². The lowest BCUT2D eigenvalue weighted by atomic mass is 10.1. The highest BCUT2D eigenvalue weighted by atomic mass is 16.3. The number of fused-ring (bicyclic) bond motifs is 1. The van der Waals surface area contributed by atoms with Crippen molar-refractivity contribution in [2.75, 3.05) is 0 Å². The maximum absolute atomic E-state index is 9.87. The number of benzene rings is 3. The number of aromatic hydroxyl groups is 1. The number of nitrogens with zero attached hydrogens (tertiary/aromatic N) is 1. The lowest BCUT2D eigenvalue weighted by Gasteiger charge is -2.06. The molecular formula is C22H17NO2. The zero-order chi connectivity index (χ0) is 17.2. The van der Waals surface area contributed by atoms with Gasteiger partial charge in [-0.15, -0.1) is 0 Å². The molecule has 0 unspecified atom stereocenters. The Morgan fingerprint density at radius 2 is 1.68 bits per heavy atom. The molecule has 1 aromatic heterocycles. The summed E-state index contributed by atoms with van der Waals surface area (Å²) >= 11 is 0. The van der Waals surface area contributed by atoms with Gasteiger partial charge in [0, 0.05) is 17.0 Å². The third-order valence-electron chi connectivity index (χ3n) is 4.04. The smallest absolute Gasteiger partial charge is 0.137 e. The van der Waals surface area contributed by atoms with E-state index >= 15 is 0 Å². The number of hydrogen-bond donors (Lipinski definition) is 1. The Morgan fingerprint density at radius 1 is 0.840 bits per heavy atom. The van der Waals surface area contributed by atoms with Gasteiger partial charge in [0.1, 0.15) is 17.1 Å². The summed E-state index contributed by atoms with van der Waals surface area (Å²) in [6.07, 6.45) is 0. The molecule has 3 nitrogen and oxygen atoms in total. The number of phenolic OH excluding ortho intramolecular Hbond substituents is 1. The van der Waals surface area contributed by atoms with Gasteiger partial charge in [-0.1, -0.05) is 42.5 Å². The molecular weight excluding hydrogens is 310 g/mol. The molecule has 0 saturated carbocycles. The molecule has 0 amide bonds. The molecule has 3 aromatic carbocycles. The van der Waals surface area contributed by atoms with Gasteiger partial charge in [-0.05, 0) is 42.8 Å². The first-order valence-electron chi connectivity index (χ1n) is 8.13. The lowest BCUT2D eigenvalue weighted by Crippen LogP contribution is -2.03. The highest BCUT2D eigenvalue weighted by molar-refractivity contribution is 5.80. The van der Waals surface area contributed by atoms with Crippen LogP contribution >= 0.6 is 0 Å². The summed E-state index contributed by atoms with van der Waals surface area (Å²) in [5.74, 6) is 0.932. The Hall–Kier alpha value is -3.33. The molecule has 122 valence electrons. The Kier molecular flexibility index (Phi) is 3.82. The standard InChI is InChI=1S/C22H17NO2/c1-15-6-5-9-17(12-15)23-20-14-22(16-7-3-2-4-8-16)25-21-11-10-18(24)13-19(20)21/h2-14,24H,1H3. The topological polar surface area (TPSA) is 45.7 Å². The monoisotopic (exact) mass is 327 g/mol. The molecule has 0 bridgehead atoms. The maximum Gasteiger partial charge on any atom is 0.137 e. The number of phenols is 1. The molecule has 1 heterocycles. The van der Waals surface area contributed by atoms with Crippen LogP contribution in [-0.2, 0) is 0 Å². The Balaban J connectivity index is 2.02. The third kappa shape index (κ3) is 3.17. The van der Waals surface area contributed by atoms with Crippen LogP contribution in [0.15, 0.2) is 88.3 Å². The predicted octanol–water partition coefficient (Wildman–Crippen LogP) is 5.35. The van der Waals surface area contributed by atoms with Crippen molar-refractivity contribution in [3.63, 3.8) is 0 Å². The Labute approximate surface area is 145 Å². The van der Waals surface area contributed by atoms with E-state index in [9.17, 15) is 5.11 Å². The second-order valence-corrected chi connectivity index (χ2v) is 5.99. The van der Waals surface area contributed by atoms with E-state index in [1.165, 1.54) is 0 Å². The van der Waals surface area contributed by atoms with Gasteiger partial charge in [-0.2, -0.15) is 0 Å². The van der Waals surface area contributed by atoms with Crippen LogP contribution in [0.4, 0.5) is 5.69 Å². The van der Waals surface area contributed by atoms with E-state index in [1.807, 2.05) is 67.6 Å². The molecule has 0 saturated heterocycles. The second kappa shape index (κ2) is 6.29. The van der Waals surface area contributed by atoms with Crippen molar-refractivity contribution < 1.29 is 9.52 Å². The van der Waals surface area contributed by atoms with Crippen molar-refractivity contribution >= 4 is 16.7 Å². The average molecular weight is 327 g/mol. The van der Waals surface area contributed by atoms with Gasteiger partial charge in [0.2, 0.25) is 0 Å². The lowest BCUT2D eigenvalue weighted by molar-refractivity contribution is 0.475. The second-order valence-electron chi connectivity index (χ2n) is 5.99. The van der Waals surface area contributed by atoms with Gasteiger partial charge in [-0.3, -0.25) is 0 Å². The largest absolute Gasteiger partial charge is 0.508 e. The van der Waals surface area contributed by atoms with Crippen molar-refractivity contribution in [1.29, 1.82) is 0 Å². The van der Waals surface area contributed by atoms with E-state index in [0.29, 0.717) is 5.58 Å². The van der Waals surface area contributed by atoms with Crippen LogP contribution in [0.2, 0.25) is 0 Å². The minimum absolute atomic E-state index is 0.191. The average Bonchev–Trinajstić information content (AvgIpc) is 2.63. The maximum atomic E-state index is 9.87. The van der Waals surface area contributed by atoms with E-state index in [0.717, 1.165) is 33.3 Å². The molecule has 3 heteroatoms. The fourth-order valence-corrected chi connectivity index (χ4v) is 2.83. The molecule has 0 aliphatic heterocycles. The van der Waals surface area contributed by atoms with Gasteiger partial charge in [0.25, 0.3) is 0 Å². The fourth-order valence-electron chi connectivity index (χ4n) is 2.83. The van der Waals surface area contributed by atoms with Crippen LogP contribution in [0.5, 0.6) is 5.75 Å². The summed E-state index contributed by atoms with van der Waals surface area (Å²) in [7, 11) is 0. The van der Waals surface area contributed by atoms with Crippen LogP contribution < -0.4 is 5.36 Å². The quantitative estimate of drug-likeness (QED) is 0.539. The van der Waals surface area contributed by atoms with Gasteiger partial charge < -0.3 is 9.52 Å². The fraction of sp³-hybridized carbons (Fsp3) is 0.0455. The predicted molar refractivity (Wildman–Crippen MR) is 99.7 cm³/mol. The Morgan fingerprint density at radius 3 is 2.48 bits per heavy atom. The van der Waals surface area contributed by atoms with Crippen LogP contribution in [0.25, 0.3) is 22.3 Å². The molecule has 0 fully saturated rings. The SMILES string of the molecule is Cc1cccc(N=c2cc(-c3ccccc3)oc3ccc(O)cc23)c1. The van der Waals surface area contributed by atoms with Crippen molar-refractivity contribution in [1.82, 2.24) is 0 Å². The molecule has 0 aliphatic carbocycles. The molecule has 0 aliphatic rings. The molecule has 4 aromatic rings. The van der Waals surface area contributed by atoms with Crippen LogP contribution in [-0.4, -0.2) is 5.11 Å². The van der Waals surface area contributed by atoms with Crippen molar-refractivity contribution in [2.45, 2.75) is 6.92 Å². The van der Waals surface area contributed by atoms with E-state index in [2.05, 4.69) is 0 Å². The van der Waals surface area contributed by atoms with E-state index in [-0.39, 0.29) is 5.75 Å². The summed E-state index contributed by atoms with van der Waals surface area (Å²) < 4.78 is 6.03. The number of rotatable bonds is 2. The summed E-state index contributed by atoms with van der Waals surface area (Å²) in [5.41, 5.74) is 3.69. The summed E-state index contributed by atoms with van der Waals surface area (Å²) in [6, 6.07) is 24.9. The highest BCUT2D eigenvalue weighted by Gasteiger charge is 2.07. The molecule has 25 heavy (non-hydrogen) atoms. The zero-order valence-electron chi connectivity index (χ0n) is 13.8.